The summed E-state index contributed by atoms with van der Waals surface area (Å²) in [5, 5.41) is 9.47. The number of hydrogen-bond acceptors (Lipinski definition) is 4. The molecule has 7 heteroatoms. The molecule has 1 amide bonds. The molecule has 0 saturated heterocycles. The van der Waals surface area contributed by atoms with Crippen LogP contribution in [0.2, 0.25) is 0 Å². The molecule has 2 aliphatic rings. The lowest BCUT2D eigenvalue weighted by atomic mass is 9.95. The van der Waals surface area contributed by atoms with Crippen molar-refractivity contribution in [2.45, 2.75) is 71.1 Å². The van der Waals surface area contributed by atoms with Crippen LogP contribution >= 0.6 is 0 Å². The molecule has 0 spiro atoms. The number of fused-ring (bicyclic) bond motifs is 1. The predicted molar refractivity (Wildman–Crippen MR) is 115 cm³/mol. The van der Waals surface area contributed by atoms with E-state index < -0.39 is 0 Å². The van der Waals surface area contributed by atoms with Crippen LogP contribution in [-0.4, -0.2) is 44.2 Å². The van der Waals surface area contributed by atoms with Gasteiger partial charge in [-0.2, -0.15) is 0 Å². The fourth-order valence-corrected chi connectivity index (χ4v) is 4.00. The Bertz CT molecular complexity index is 729. The van der Waals surface area contributed by atoms with E-state index in [1.807, 2.05) is 13.0 Å². The third-order valence-electron chi connectivity index (χ3n) is 5.44. The summed E-state index contributed by atoms with van der Waals surface area (Å²) in [5.74, 6) is 2.38. The molecule has 1 aliphatic carbocycles. The van der Waals surface area contributed by atoms with Gasteiger partial charge in [0, 0.05) is 37.2 Å². The Morgan fingerprint density at radius 2 is 2.03 bits per heavy atom. The first-order chi connectivity index (χ1) is 14.1. The topological polar surface area (TPSA) is 84.0 Å². The molecule has 1 aromatic rings. The van der Waals surface area contributed by atoms with Crippen molar-refractivity contribution in [3.8, 4) is 11.5 Å². The normalized spacial score (nSPS) is 19.3. The Balaban J connectivity index is 1.52. The maximum atomic E-state index is 12.2. The van der Waals surface area contributed by atoms with Gasteiger partial charge in [-0.05, 0) is 38.8 Å². The Labute approximate surface area is 173 Å². The highest BCUT2D eigenvalue weighted by molar-refractivity contribution is 5.86. The minimum absolute atomic E-state index is 0.00905. The van der Waals surface area contributed by atoms with Gasteiger partial charge in [-0.15, -0.1) is 0 Å². The lowest BCUT2D eigenvalue weighted by molar-refractivity contribution is -0.120. The second kappa shape index (κ2) is 10.4. The van der Waals surface area contributed by atoms with Crippen molar-refractivity contribution in [3.63, 3.8) is 0 Å². The Hall–Kier alpha value is -2.44. The van der Waals surface area contributed by atoms with Crippen LogP contribution < -0.4 is 25.4 Å². The standard InChI is InChI=1S/C22H34N4O3/c1-4-28-19-11-16-10-15(2)29-20(16)12-17(19)13-24-22(23-3)25-14-21(27)26-18-8-6-5-7-9-18/h11-12,15,18H,4-10,13-14H2,1-3H3,(H,26,27)(H2,23,24,25). The summed E-state index contributed by atoms with van der Waals surface area (Å²) >= 11 is 0. The van der Waals surface area contributed by atoms with Gasteiger partial charge in [0.15, 0.2) is 5.96 Å². The number of rotatable bonds is 7. The van der Waals surface area contributed by atoms with Gasteiger partial charge in [0.2, 0.25) is 5.91 Å². The maximum Gasteiger partial charge on any atom is 0.239 e. The van der Waals surface area contributed by atoms with Crippen molar-refractivity contribution in [2.24, 2.45) is 4.99 Å². The number of amides is 1. The Morgan fingerprint density at radius 1 is 1.24 bits per heavy atom. The zero-order valence-corrected chi connectivity index (χ0v) is 17.8. The lowest BCUT2D eigenvalue weighted by Gasteiger charge is -2.23. The van der Waals surface area contributed by atoms with Crippen LogP contribution in [0.4, 0.5) is 0 Å². The first-order valence-electron chi connectivity index (χ1n) is 10.8. The number of benzene rings is 1. The maximum absolute atomic E-state index is 12.2. The number of ether oxygens (including phenoxy) is 2. The number of hydrogen-bond donors (Lipinski definition) is 3. The smallest absolute Gasteiger partial charge is 0.239 e. The average Bonchev–Trinajstić information content (AvgIpc) is 3.08. The second-order valence-electron chi connectivity index (χ2n) is 7.82. The largest absolute Gasteiger partial charge is 0.494 e. The van der Waals surface area contributed by atoms with E-state index in [0.717, 1.165) is 36.3 Å². The van der Waals surface area contributed by atoms with E-state index in [4.69, 9.17) is 9.47 Å². The number of carbonyl (C=O) groups excluding carboxylic acids is 1. The summed E-state index contributed by atoms with van der Waals surface area (Å²) in [7, 11) is 1.70. The van der Waals surface area contributed by atoms with E-state index >= 15 is 0 Å². The highest BCUT2D eigenvalue weighted by atomic mass is 16.5. The summed E-state index contributed by atoms with van der Waals surface area (Å²) in [4.78, 5) is 16.4. The summed E-state index contributed by atoms with van der Waals surface area (Å²) in [6.07, 6.45) is 6.94. The fourth-order valence-electron chi connectivity index (χ4n) is 4.00. The van der Waals surface area contributed by atoms with E-state index in [1.54, 1.807) is 7.05 Å². The molecule has 3 rings (SSSR count). The molecule has 7 nitrogen and oxygen atoms in total. The lowest BCUT2D eigenvalue weighted by Crippen LogP contribution is -2.45. The van der Waals surface area contributed by atoms with E-state index in [9.17, 15) is 4.79 Å². The number of nitrogens with zero attached hydrogens (tertiary/aromatic N) is 1. The SMILES string of the molecule is CCOc1cc2c(cc1CNC(=NC)NCC(=O)NC1CCCCC1)OC(C)C2. The molecule has 29 heavy (non-hydrogen) atoms. The van der Waals surface area contributed by atoms with Crippen molar-refractivity contribution < 1.29 is 14.3 Å². The molecule has 1 atom stereocenters. The molecule has 160 valence electrons. The van der Waals surface area contributed by atoms with Crippen molar-refractivity contribution >= 4 is 11.9 Å². The van der Waals surface area contributed by atoms with Gasteiger partial charge in [0.1, 0.15) is 17.6 Å². The van der Waals surface area contributed by atoms with Crippen molar-refractivity contribution in [3.05, 3.63) is 23.3 Å². The monoisotopic (exact) mass is 402 g/mol. The molecule has 1 unspecified atom stereocenters. The molecule has 0 aromatic heterocycles. The molecule has 1 aliphatic heterocycles. The molecule has 1 fully saturated rings. The van der Waals surface area contributed by atoms with Gasteiger partial charge < -0.3 is 25.4 Å². The van der Waals surface area contributed by atoms with Crippen LogP contribution in [0.25, 0.3) is 0 Å². The quantitative estimate of drug-likeness (QED) is 0.482. The third-order valence-corrected chi connectivity index (χ3v) is 5.44. The van der Waals surface area contributed by atoms with Gasteiger partial charge in [-0.25, -0.2) is 0 Å². The number of aliphatic imine (C=N–C) groups is 1. The van der Waals surface area contributed by atoms with Crippen molar-refractivity contribution in [1.82, 2.24) is 16.0 Å². The summed E-state index contributed by atoms with van der Waals surface area (Å²) in [6, 6.07) is 4.43. The van der Waals surface area contributed by atoms with Crippen LogP contribution in [0.3, 0.4) is 0 Å². The van der Waals surface area contributed by atoms with Crippen LogP contribution in [-0.2, 0) is 17.8 Å². The Morgan fingerprint density at radius 3 is 2.76 bits per heavy atom. The van der Waals surface area contributed by atoms with Crippen LogP contribution in [0, 0.1) is 0 Å². The third kappa shape index (κ3) is 6.02. The van der Waals surface area contributed by atoms with Gasteiger partial charge in [0.05, 0.1) is 13.2 Å². The van der Waals surface area contributed by atoms with Crippen molar-refractivity contribution in [2.75, 3.05) is 20.2 Å². The fraction of sp³-hybridized carbons (Fsp3) is 0.636. The van der Waals surface area contributed by atoms with E-state index in [-0.39, 0.29) is 18.6 Å². The van der Waals surface area contributed by atoms with Crippen molar-refractivity contribution in [1.29, 1.82) is 0 Å². The van der Waals surface area contributed by atoms with Gasteiger partial charge in [0.25, 0.3) is 0 Å². The molecule has 0 radical (unpaired) electrons. The van der Waals surface area contributed by atoms with Gasteiger partial charge >= 0.3 is 0 Å². The zero-order valence-electron chi connectivity index (χ0n) is 17.8. The summed E-state index contributed by atoms with van der Waals surface area (Å²) in [5.41, 5.74) is 2.20. The van der Waals surface area contributed by atoms with Gasteiger partial charge in [-0.1, -0.05) is 19.3 Å². The minimum atomic E-state index is 0.00905. The molecule has 3 N–H and O–H groups in total. The van der Waals surface area contributed by atoms with Gasteiger partial charge in [-0.3, -0.25) is 9.79 Å². The average molecular weight is 403 g/mol. The zero-order chi connectivity index (χ0) is 20.6. The van der Waals surface area contributed by atoms with Crippen LogP contribution in [0.5, 0.6) is 11.5 Å². The number of carbonyl (C=O) groups is 1. The first kappa shape index (κ1) is 21.3. The predicted octanol–water partition coefficient (Wildman–Crippen LogP) is 2.52. The van der Waals surface area contributed by atoms with Crippen LogP contribution in [0.15, 0.2) is 17.1 Å². The molecule has 0 bridgehead atoms. The highest BCUT2D eigenvalue weighted by Crippen LogP contribution is 2.35. The number of nitrogens with one attached hydrogen (secondary N) is 3. The van der Waals surface area contributed by atoms with E-state index in [2.05, 4.69) is 33.9 Å². The summed E-state index contributed by atoms with van der Waals surface area (Å²) in [6.45, 7) is 5.40. The molecule has 1 aromatic carbocycles. The molecular weight excluding hydrogens is 368 g/mol. The summed E-state index contributed by atoms with van der Waals surface area (Å²) < 4.78 is 11.7. The molecule has 1 heterocycles. The Kier molecular flexibility index (Phi) is 7.61. The molecular formula is C22H34N4O3. The highest BCUT2D eigenvalue weighted by Gasteiger charge is 2.22. The van der Waals surface area contributed by atoms with E-state index in [0.29, 0.717) is 25.2 Å². The van der Waals surface area contributed by atoms with Crippen LogP contribution in [0.1, 0.15) is 57.1 Å². The van der Waals surface area contributed by atoms with E-state index in [1.165, 1.54) is 24.8 Å². The minimum Gasteiger partial charge on any atom is -0.494 e. The number of guanidine groups is 1. The second-order valence-corrected chi connectivity index (χ2v) is 7.82. The first-order valence-corrected chi connectivity index (χ1v) is 10.8. The molecule has 1 saturated carbocycles.